The number of carbonyl (C=O) groups is 2. The number of hydrogen-bond donors (Lipinski definition) is 1. The second kappa shape index (κ2) is 8.32. The van der Waals surface area contributed by atoms with Gasteiger partial charge in [-0.15, -0.1) is 0 Å². The van der Waals surface area contributed by atoms with Gasteiger partial charge in [0.1, 0.15) is 28.7 Å². The number of halogens is 1. The summed E-state index contributed by atoms with van der Waals surface area (Å²) in [5, 5.41) is 9.00. The van der Waals surface area contributed by atoms with Crippen molar-refractivity contribution >= 4 is 11.9 Å². The highest BCUT2D eigenvalue weighted by Crippen LogP contribution is 2.16. The zero-order chi connectivity index (χ0) is 18.4. The Labute approximate surface area is 144 Å². The molecule has 0 saturated carbocycles. The number of amides is 1. The maximum absolute atomic E-state index is 12.8. The summed E-state index contributed by atoms with van der Waals surface area (Å²) in [5.74, 6) is -0.199. The fourth-order valence-electron chi connectivity index (χ4n) is 2.29. The Morgan fingerprint density at radius 3 is 2.56 bits per heavy atom. The van der Waals surface area contributed by atoms with Gasteiger partial charge in [0, 0.05) is 13.5 Å². The summed E-state index contributed by atoms with van der Waals surface area (Å²) in [7, 11) is 1.63. The van der Waals surface area contributed by atoms with Gasteiger partial charge in [0.2, 0.25) is 5.91 Å². The zero-order valence-corrected chi connectivity index (χ0v) is 14.1. The first-order valence-corrected chi connectivity index (χ1v) is 7.81. The molecule has 6 nitrogen and oxygen atoms in total. The van der Waals surface area contributed by atoms with Crippen LogP contribution in [-0.2, 0) is 11.3 Å². The van der Waals surface area contributed by atoms with Gasteiger partial charge < -0.3 is 19.2 Å². The van der Waals surface area contributed by atoms with E-state index in [1.165, 1.54) is 35.2 Å². The Hall–Kier alpha value is -2.83. The van der Waals surface area contributed by atoms with Crippen molar-refractivity contribution in [3.8, 4) is 5.75 Å². The highest BCUT2D eigenvalue weighted by molar-refractivity contribution is 5.88. The third kappa shape index (κ3) is 5.34. The molecule has 0 saturated heterocycles. The lowest BCUT2D eigenvalue weighted by Gasteiger charge is -2.15. The van der Waals surface area contributed by atoms with Gasteiger partial charge >= 0.3 is 5.97 Å². The number of carboxylic acids is 1. The van der Waals surface area contributed by atoms with Crippen LogP contribution < -0.4 is 4.74 Å². The molecule has 0 aliphatic rings. The molecule has 1 aromatic heterocycles. The van der Waals surface area contributed by atoms with Crippen LogP contribution in [0, 0.1) is 12.7 Å². The first-order chi connectivity index (χ1) is 11.9. The predicted octanol–water partition coefficient (Wildman–Crippen LogP) is 3.24. The van der Waals surface area contributed by atoms with E-state index in [2.05, 4.69) is 0 Å². The Kier molecular flexibility index (Phi) is 6.16. The molecule has 0 fully saturated rings. The van der Waals surface area contributed by atoms with Crippen molar-refractivity contribution in [2.45, 2.75) is 26.3 Å². The Bertz CT molecular complexity index is 738. The van der Waals surface area contributed by atoms with E-state index >= 15 is 0 Å². The molecule has 25 heavy (non-hydrogen) atoms. The van der Waals surface area contributed by atoms with Gasteiger partial charge in [-0.2, -0.15) is 0 Å². The minimum Gasteiger partial charge on any atom is -0.494 e. The minimum absolute atomic E-state index is 0.101. The van der Waals surface area contributed by atoms with Gasteiger partial charge in [0.15, 0.2) is 0 Å². The lowest BCUT2D eigenvalue weighted by atomic mass is 10.2. The third-order valence-corrected chi connectivity index (χ3v) is 3.64. The van der Waals surface area contributed by atoms with Crippen LogP contribution in [0.25, 0.3) is 0 Å². The number of aryl methyl sites for hydroxylation is 1. The Balaban J connectivity index is 1.75. The van der Waals surface area contributed by atoms with Crippen LogP contribution in [0.4, 0.5) is 4.39 Å². The molecule has 7 heteroatoms. The Morgan fingerprint density at radius 2 is 1.96 bits per heavy atom. The van der Waals surface area contributed by atoms with Gasteiger partial charge in [0.25, 0.3) is 0 Å². The second-order valence-electron chi connectivity index (χ2n) is 5.64. The standard InChI is InChI=1S/C18H20FNO5/c1-12-16(18(22)23)10-15(25-12)11-20(2)17(21)4-3-9-24-14-7-5-13(19)6-8-14/h5-8,10H,3-4,9,11H2,1-2H3,(H,22,23). The summed E-state index contributed by atoms with van der Waals surface area (Å²) in [6, 6.07) is 7.11. The van der Waals surface area contributed by atoms with Crippen molar-refractivity contribution in [3.63, 3.8) is 0 Å². The number of nitrogens with zero attached hydrogens (tertiary/aromatic N) is 1. The van der Waals surface area contributed by atoms with E-state index in [0.717, 1.165) is 0 Å². The normalized spacial score (nSPS) is 10.5. The topological polar surface area (TPSA) is 80.0 Å². The number of carboxylic acid groups (broad SMARTS) is 1. The molecule has 1 aromatic carbocycles. The molecule has 0 bridgehead atoms. The number of benzene rings is 1. The van der Waals surface area contributed by atoms with Crippen molar-refractivity contribution in [1.29, 1.82) is 0 Å². The summed E-state index contributed by atoms with van der Waals surface area (Å²) in [6.45, 7) is 2.11. The molecule has 134 valence electrons. The third-order valence-electron chi connectivity index (χ3n) is 3.64. The van der Waals surface area contributed by atoms with Gasteiger partial charge in [-0.05, 0) is 43.7 Å². The molecule has 0 aliphatic heterocycles. The molecule has 2 aromatic rings. The largest absolute Gasteiger partial charge is 0.494 e. The van der Waals surface area contributed by atoms with Gasteiger partial charge in [-0.3, -0.25) is 4.79 Å². The van der Waals surface area contributed by atoms with E-state index < -0.39 is 5.97 Å². The van der Waals surface area contributed by atoms with Crippen molar-refractivity contribution in [3.05, 3.63) is 53.2 Å². The van der Waals surface area contributed by atoms with Crippen LogP contribution in [0.15, 0.2) is 34.7 Å². The van der Waals surface area contributed by atoms with E-state index in [1.807, 2.05) is 0 Å². The minimum atomic E-state index is -1.06. The lowest BCUT2D eigenvalue weighted by molar-refractivity contribution is -0.130. The number of ether oxygens (including phenoxy) is 1. The summed E-state index contributed by atoms with van der Waals surface area (Å²) in [5.41, 5.74) is 0.101. The maximum Gasteiger partial charge on any atom is 0.339 e. The van der Waals surface area contributed by atoms with Crippen LogP contribution in [0.1, 0.15) is 34.7 Å². The number of furan rings is 1. The molecule has 0 unspecified atom stereocenters. The zero-order valence-electron chi connectivity index (χ0n) is 14.1. The fourth-order valence-corrected chi connectivity index (χ4v) is 2.29. The molecule has 0 radical (unpaired) electrons. The van der Waals surface area contributed by atoms with E-state index in [-0.39, 0.29) is 30.3 Å². The SMILES string of the molecule is Cc1oc(CN(C)C(=O)CCCOc2ccc(F)cc2)cc1C(=O)O. The Morgan fingerprint density at radius 1 is 1.28 bits per heavy atom. The average Bonchev–Trinajstić information content (AvgIpc) is 2.93. The number of aromatic carboxylic acids is 1. The highest BCUT2D eigenvalue weighted by atomic mass is 19.1. The fraction of sp³-hybridized carbons (Fsp3) is 0.333. The molecule has 0 aliphatic carbocycles. The van der Waals surface area contributed by atoms with Crippen LogP contribution in [0.5, 0.6) is 5.75 Å². The molecule has 0 spiro atoms. The van der Waals surface area contributed by atoms with Gasteiger partial charge in [0.05, 0.1) is 13.2 Å². The van der Waals surface area contributed by atoms with Crippen LogP contribution in [-0.4, -0.2) is 35.5 Å². The summed E-state index contributed by atoms with van der Waals surface area (Å²) in [6.07, 6.45) is 0.793. The van der Waals surface area contributed by atoms with Crippen molar-refractivity contribution < 1.29 is 28.2 Å². The summed E-state index contributed by atoms with van der Waals surface area (Å²) in [4.78, 5) is 24.6. The molecule has 2 rings (SSSR count). The first kappa shape index (κ1) is 18.5. The van der Waals surface area contributed by atoms with E-state index in [0.29, 0.717) is 30.3 Å². The highest BCUT2D eigenvalue weighted by Gasteiger charge is 2.16. The van der Waals surface area contributed by atoms with Crippen molar-refractivity contribution in [1.82, 2.24) is 4.90 Å². The van der Waals surface area contributed by atoms with Crippen LogP contribution in [0.2, 0.25) is 0 Å². The molecular formula is C18H20FNO5. The molecule has 1 N–H and O–H groups in total. The average molecular weight is 349 g/mol. The monoisotopic (exact) mass is 349 g/mol. The van der Waals surface area contributed by atoms with E-state index in [4.69, 9.17) is 14.3 Å². The summed E-state index contributed by atoms with van der Waals surface area (Å²) < 4.78 is 23.6. The quantitative estimate of drug-likeness (QED) is 0.740. The molecule has 0 atom stereocenters. The van der Waals surface area contributed by atoms with E-state index in [9.17, 15) is 14.0 Å². The second-order valence-corrected chi connectivity index (χ2v) is 5.64. The molecule has 1 heterocycles. The van der Waals surface area contributed by atoms with Crippen molar-refractivity contribution in [2.75, 3.05) is 13.7 Å². The van der Waals surface area contributed by atoms with Crippen LogP contribution in [0.3, 0.4) is 0 Å². The van der Waals surface area contributed by atoms with Crippen molar-refractivity contribution in [2.24, 2.45) is 0 Å². The maximum atomic E-state index is 12.8. The number of hydrogen-bond acceptors (Lipinski definition) is 4. The molecule has 1 amide bonds. The first-order valence-electron chi connectivity index (χ1n) is 7.81. The summed E-state index contributed by atoms with van der Waals surface area (Å²) >= 11 is 0. The smallest absolute Gasteiger partial charge is 0.339 e. The van der Waals surface area contributed by atoms with Gasteiger partial charge in [-0.25, -0.2) is 9.18 Å². The van der Waals surface area contributed by atoms with Gasteiger partial charge in [-0.1, -0.05) is 0 Å². The number of rotatable bonds is 8. The lowest BCUT2D eigenvalue weighted by Crippen LogP contribution is -2.26. The predicted molar refractivity (Wildman–Crippen MR) is 88.0 cm³/mol. The molecular weight excluding hydrogens is 329 g/mol. The van der Waals surface area contributed by atoms with Crippen LogP contribution >= 0.6 is 0 Å². The number of carbonyl (C=O) groups excluding carboxylic acids is 1. The van der Waals surface area contributed by atoms with E-state index in [1.54, 1.807) is 14.0 Å².